The summed E-state index contributed by atoms with van der Waals surface area (Å²) >= 11 is 5.95. The van der Waals surface area contributed by atoms with Crippen molar-refractivity contribution >= 4 is 23.2 Å². The molecule has 1 aliphatic rings. The number of hydrogen-bond acceptors (Lipinski definition) is 4. The van der Waals surface area contributed by atoms with E-state index in [1.165, 1.54) is 0 Å². The van der Waals surface area contributed by atoms with Crippen molar-refractivity contribution in [3.63, 3.8) is 0 Å². The number of benzene rings is 2. The Morgan fingerprint density at radius 2 is 1.81 bits per heavy atom. The van der Waals surface area contributed by atoms with Gasteiger partial charge in [0.25, 0.3) is 0 Å². The number of halogens is 1. The van der Waals surface area contributed by atoms with E-state index in [9.17, 15) is 4.79 Å². The number of hydrogen-bond donors (Lipinski definition) is 1. The molecule has 2 aromatic carbocycles. The molecule has 2 aromatic rings. The summed E-state index contributed by atoms with van der Waals surface area (Å²) in [6.07, 6.45) is 2.27. The first-order valence-electron chi connectivity index (χ1n) is 8.59. The molecule has 1 aliphatic carbocycles. The zero-order chi connectivity index (χ0) is 18.5. The van der Waals surface area contributed by atoms with Gasteiger partial charge in [0.05, 0.1) is 20.8 Å². The summed E-state index contributed by atoms with van der Waals surface area (Å²) < 4.78 is 10.5. The Labute approximate surface area is 158 Å². The van der Waals surface area contributed by atoms with Gasteiger partial charge in [-0.05, 0) is 42.7 Å². The van der Waals surface area contributed by atoms with E-state index in [1.54, 1.807) is 32.4 Å². The summed E-state index contributed by atoms with van der Waals surface area (Å²) in [5, 5.41) is 3.66. The van der Waals surface area contributed by atoms with Gasteiger partial charge in [0.15, 0.2) is 11.5 Å². The number of nitrogens with zero attached hydrogens (tertiary/aromatic N) is 1. The molecular weight excluding hydrogens is 352 g/mol. The van der Waals surface area contributed by atoms with Crippen LogP contribution in [-0.4, -0.2) is 37.6 Å². The van der Waals surface area contributed by atoms with Crippen LogP contribution in [0.4, 0.5) is 5.69 Å². The lowest BCUT2D eigenvalue weighted by Gasteiger charge is -2.21. The van der Waals surface area contributed by atoms with Crippen LogP contribution in [0.25, 0.3) is 0 Å². The van der Waals surface area contributed by atoms with Crippen molar-refractivity contribution in [2.45, 2.75) is 25.4 Å². The molecule has 0 unspecified atom stereocenters. The van der Waals surface area contributed by atoms with E-state index in [4.69, 9.17) is 21.1 Å². The Morgan fingerprint density at radius 1 is 1.12 bits per heavy atom. The van der Waals surface area contributed by atoms with Crippen molar-refractivity contribution < 1.29 is 14.3 Å². The van der Waals surface area contributed by atoms with Crippen LogP contribution in [0.5, 0.6) is 11.5 Å². The summed E-state index contributed by atoms with van der Waals surface area (Å²) in [6.45, 7) is 1.09. The first-order valence-corrected chi connectivity index (χ1v) is 8.97. The van der Waals surface area contributed by atoms with Gasteiger partial charge in [0.1, 0.15) is 0 Å². The fourth-order valence-electron chi connectivity index (χ4n) is 2.88. The lowest BCUT2D eigenvalue weighted by atomic mass is 10.2. The summed E-state index contributed by atoms with van der Waals surface area (Å²) in [7, 11) is 3.16. The van der Waals surface area contributed by atoms with E-state index >= 15 is 0 Å². The average molecular weight is 375 g/mol. The molecule has 3 rings (SSSR count). The van der Waals surface area contributed by atoms with Crippen LogP contribution in [0.1, 0.15) is 18.4 Å². The highest BCUT2D eigenvalue weighted by Gasteiger charge is 2.30. The van der Waals surface area contributed by atoms with Crippen LogP contribution in [0, 0.1) is 0 Å². The lowest BCUT2D eigenvalue weighted by Crippen LogP contribution is -2.34. The number of carbonyl (C=O) groups is 1. The quantitative estimate of drug-likeness (QED) is 0.759. The molecule has 1 saturated carbocycles. The molecule has 0 aromatic heterocycles. The molecular formula is C20H23ClN2O3. The van der Waals surface area contributed by atoms with E-state index in [2.05, 4.69) is 10.2 Å². The van der Waals surface area contributed by atoms with Gasteiger partial charge in [0, 0.05) is 29.4 Å². The second-order valence-electron chi connectivity index (χ2n) is 6.38. The maximum atomic E-state index is 12.5. The van der Waals surface area contributed by atoms with Gasteiger partial charge < -0.3 is 14.8 Å². The minimum atomic E-state index is -0.0434. The maximum absolute atomic E-state index is 12.5. The van der Waals surface area contributed by atoms with E-state index in [1.807, 2.05) is 24.3 Å². The fraction of sp³-hybridized carbons (Fsp3) is 0.350. The zero-order valence-electron chi connectivity index (χ0n) is 15.0. The van der Waals surface area contributed by atoms with Crippen molar-refractivity contribution in [3.05, 3.63) is 53.1 Å². The summed E-state index contributed by atoms with van der Waals surface area (Å²) in [4.78, 5) is 14.7. The Bertz CT molecular complexity index is 760. The van der Waals surface area contributed by atoms with Crippen molar-refractivity contribution in [3.8, 4) is 11.5 Å². The third kappa shape index (κ3) is 4.90. The summed E-state index contributed by atoms with van der Waals surface area (Å²) in [5.74, 6) is 1.18. The molecule has 0 spiro atoms. The largest absolute Gasteiger partial charge is 0.493 e. The molecule has 1 amide bonds. The lowest BCUT2D eigenvalue weighted by molar-refractivity contribution is -0.117. The third-order valence-electron chi connectivity index (χ3n) is 4.38. The summed E-state index contributed by atoms with van der Waals surface area (Å²) in [6, 6.07) is 13.6. The number of carbonyl (C=O) groups excluding carboxylic acids is 1. The molecule has 0 saturated heterocycles. The highest BCUT2D eigenvalue weighted by Crippen LogP contribution is 2.30. The molecule has 5 nitrogen and oxygen atoms in total. The average Bonchev–Trinajstić information content (AvgIpc) is 3.48. The SMILES string of the molecule is COc1ccc(NC(=O)CN(Cc2ccc(Cl)cc2)C2CC2)cc1OC. The molecule has 6 heteroatoms. The van der Waals surface area contributed by atoms with Gasteiger partial charge in [-0.2, -0.15) is 0 Å². The van der Waals surface area contributed by atoms with E-state index in [0.29, 0.717) is 29.8 Å². The first kappa shape index (κ1) is 18.5. The van der Waals surface area contributed by atoms with Crippen LogP contribution in [-0.2, 0) is 11.3 Å². The molecule has 0 atom stereocenters. The Kier molecular flexibility index (Phi) is 6.01. The van der Waals surface area contributed by atoms with Crippen LogP contribution in [0.15, 0.2) is 42.5 Å². The molecule has 138 valence electrons. The minimum Gasteiger partial charge on any atom is -0.493 e. The molecule has 0 heterocycles. The predicted octanol–water partition coefficient (Wildman–Crippen LogP) is 3.96. The van der Waals surface area contributed by atoms with Crippen LogP contribution < -0.4 is 14.8 Å². The predicted molar refractivity (Wildman–Crippen MR) is 103 cm³/mol. The highest BCUT2D eigenvalue weighted by molar-refractivity contribution is 6.30. The topological polar surface area (TPSA) is 50.8 Å². The fourth-order valence-corrected chi connectivity index (χ4v) is 3.00. The van der Waals surface area contributed by atoms with Gasteiger partial charge in [0.2, 0.25) is 5.91 Å². The summed E-state index contributed by atoms with van der Waals surface area (Å²) in [5.41, 5.74) is 1.84. The molecule has 0 radical (unpaired) electrons. The molecule has 26 heavy (non-hydrogen) atoms. The van der Waals surface area contributed by atoms with Crippen molar-refractivity contribution in [2.24, 2.45) is 0 Å². The van der Waals surface area contributed by atoms with E-state index in [0.717, 1.165) is 30.0 Å². The monoisotopic (exact) mass is 374 g/mol. The number of methoxy groups -OCH3 is 2. The Balaban J connectivity index is 1.62. The smallest absolute Gasteiger partial charge is 0.238 e. The van der Waals surface area contributed by atoms with Crippen LogP contribution in [0.2, 0.25) is 5.02 Å². The van der Waals surface area contributed by atoms with Crippen molar-refractivity contribution in [1.82, 2.24) is 4.90 Å². The maximum Gasteiger partial charge on any atom is 0.238 e. The third-order valence-corrected chi connectivity index (χ3v) is 4.63. The van der Waals surface area contributed by atoms with Gasteiger partial charge >= 0.3 is 0 Å². The molecule has 0 aliphatic heterocycles. The van der Waals surface area contributed by atoms with Gasteiger partial charge in [-0.3, -0.25) is 9.69 Å². The number of ether oxygens (including phenoxy) is 2. The van der Waals surface area contributed by atoms with Crippen LogP contribution in [0.3, 0.4) is 0 Å². The standard InChI is InChI=1S/C20H23ClN2O3/c1-25-18-10-7-16(11-19(18)26-2)22-20(24)13-23(17-8-9-17)12-14-3-5-15(21)6-4-14/h3-7,10-11,17H,8-9,12-13H2,1-2H3,(H,22,24). The minimum absolute atomic E-state index is 0.0434. The zero-order valence-corrected chi connectivity index (χ0v) is 15.8. The highest BCUT2D eigenvalue weighted by atomic mass is 35.5. The molecule has 0 bridgehead atoms. The van der Waals surface area contributed by atoms with Gasteiger partial charge in [-0.15, -0.1) is 0 Å². The number of rotatable bonds is 8. The Morgan fingerprint density at radius 3 is 2.42 bits per heavy atom. The van der Waals surface area contributed by atoms with Gasteiger partial charge in [-0.25, -0.2) is 0 Å². The second-order valence-corrected chi connectivity index (χ2v) is 6.82. The second kappa shape index (κ2) is 8.43. The first-order chi connectivity index (χ1) is 12.6. The van der Waals surface area contributed by atoms with Crippen LogP contribution >= 0.6 is 11.6 Å². The number of anilines is 1. The van der Waals surface area contributed by atoms with E-state index in [-0.39, 0.29) is 5.91 Å². The van der Waals surface area contributed by atoms with E-state index < -0.39 is 0 Å². The normalized spacial score (nSPS) is 13.5. The number of amides is 1. The molecule has 1 fully saturated rings. The molecule has 1 N–H and O–H groups in total. The van der Waals surface area contributed by atoms with Gasteiger partial charge in [-0.1, -0.05) is 23.7 Å². The Hall–Kier alpha value is -2.24. The van der Waals surface area contributed by atoms with Crippen molar-refractivity contribution in [1.29, 1.82) is 0 Å². The number of nitrogens with one attached hydrogen (secondary N) is 1. The van der Waals surface area contributed by atoms with Crippen molar-refractivity contribution in [2.75, 3.05) is 26.1 Å².